The first-order valence-corrected chi connectivity index (χ1v) is 7.24. The van der Waals surface area contributed by atoms with E-state index in [1.54, 1.807) is 6.92 Å². The van der Waals surface area contributed by atoms with E-state index in [0.717, 1.165) is 11.1 Å². The molecule has 0 aromatic heterocycles. The number of carbonyl (C=O) groups is 2. The van der Waals surface area contributed by atoms with Crippen molar-refractivity contribution in [3.05, 3.63) is 41.0 Å². The summed E-state index contributed by atoms with van der Waals surface area (Å²) in [5.41, 5.74) is 2.64. The molecule has 118 valence electrons. The van der Waals surface area contributed by atoms with Crippen LogP contribution in [0.2, 0.25) is 0 Å². The number of hydrogen-bond donors (Lipinski definition) is 3. The molecule has 0 spiro atoms. The van der Waals surface area contributed by atoms with Gasteiger partial charge in [-0.2, -0.15) is 0 Å². The van der Waals surface area contributed by atoms with Gasteiger partial charge >= 0.3 is 6.03 Å². The van der Waals surface area contributed by atoms with Gasteiger partial charge in [-0.15, -0.1) is 3.89 Å². The van der Waals surface area contributed by atoms with Gasteiger partial charge in [0.25, 0.3) is 5.91 Å². The smallest absolute Gasteiger partial charge is 0.394 e. The molecular formula is C15H19N2O4S+. The quantitative estimate of drug-likeness (QED) is 0.437. The molecule has 1 aromatic carbocycles. The Kier molecular flexibility index (Phi) is 5.02. The van der Waals surface area contributed by atoms with E-state index >= 15 is 0 Å². The van der Waals surface area contributed by atoms with Gasteiger partial charge in [0, 0.05) is 5.56 Å². The lowest BCUT2D eigenvalue weighted by atomic mass is 10.0. The number of benzene rings is 1. The molecule has 0 saturated carbocycles. The van der Waals surface area contributed by atoms with Crippen LogP contribution in [0.4, 0.5) is 4.79 Å². The fourth-order valence-corrected chi connectivity index (χ4v) is 2.77. The highest BCUT2D eigenvalue weighted by Crippen LogP contribution is 2.36. The van der Waals surface area contributed by atoms with E-state index < -0.39 is 15.8 Å². The normalized spacial score (nSPS) is 22.0. The van der Waals surface area contributed by atoms with Gasteiger partial charge in [-0.1, -0.05) is 17.7 Å². The number of nitrogens with zero attached hydrogens (tertiary/aromatic N) is 1. The van der Waals surface area contributed by atoms with Gasteiger partial charge in [-0.05, 0) is 26.0 Å². The van der Waals surface area contributed by atoms with E-state index in [4.69, 9.17) is 9.84 Å². The Balaban J connectivity index is 2.53. The predicted molar refractivity (Wildman–Crippen MR) is 84.5 cm³/mol. The first-order chi connectivity index (χ1) is 10.4. The standard InChI is InChI=1S/C15H18N2O4S/c1-10-4-3-5-12(8-10)13-11(2)14(19)16-15(20)17(13,22)9-21-7-6-18/h3-5,8,18,22H,6-7,9H2,1-2H3/p+1. The molecule has 1 atom stereocenters. The van der Waals surface area contributed by atoms with Gasteiger partial charge in [0.1, 0.15) is 0 Å². The van der Waals surface area contributed by atoms with Crippen LogP contribution in [0, 0.1) is 6.92 Å². The van der Waals surface area contributed by atoms with Crippen LogP contribution in [0.5, 0.6) is 0 Å². The van der Waals surface area contributed by atoms with Crippen molar-refractivity contribution < 1.29 is 23.3 Å². The van der Waals surface area contributed by atoms with E-state index in [9.17, 15) is 9.59 Å². The summed E-state index contributed by atoms with van der Waals surface area (Å²) in [6.07, 6.45) is 0. The molecule has 1 aromatic rings. The van der Waals surface area contributed by atoms with Crippen LogP contribution in [0.3, 0.4) is 0 Å². The van der Waals surface area contributed by atoms with E-state index in [0.29, 0.717) is 11.3 Å². The summed E-state index contributed by atoms with van der Waals surface area (Å²) in [6.45, 7) is 3.41. The number of nitrogens with one attached hydrogen (secondary N) is 1. The van der Waals surface area contributed by atoms with Crippen molar-refractivity contribution in [2.45, 2.75) is 13.8 Å². The van der Waals surface area contributed by atoms with Crippen LogP contribution in [-0.4, -0.2) is 40.9 Å². The van der Waals surface area contributed by atoms with Gasteiger partial charge in [-0.3, -0.25) is 4.79 Å². The van der Waals surface area contributed by atoms with Crippen LogP contribution >= 0.6 is 12.8 Å². The number of aliphatic hydroxyl groups is 1. The minimum atomic E-state index is -0.576. The number of hydrogen-bond acceptors (Lipinski definition) is 5. The lowest BCUT2D eigenvalue weighted by Gasteiger charge is -2.33. The van der Waals surface area contributed by atoms with Crippen molar-refractivity contribution >= 4 is 30.5 Å². The summed E-state index contributed by atoms with van der Waals surface area (Å²) in [6, 6.07) is 6.93. The van der Waals surface area contributed by atoms with E-state index in [1.165, 1.54) is 0 Å². The Labute approximate surface area is 134 Å². The molecule has 3 amide bonds. The van der Waals surface area contributed by atoms with Crippen LogP contribution in [0.1, 0.15) is 18.1 Å². The van der Waals surface area contributed by atoms with Crippen molar-refractivity contribution in [3.63, 3.8) is 0 Å². The monoisotopic (exact) mass is 323 g/mol. The number of carbonyl (C=O) groups excluding carboxylic acids is 2. The number of aliphatic hydroxyl groups excluding tert-OH is 1. The summed E-state index contributed by atoms with van der Waals surface area (Å²) in [5, 5.41) is 11.1. The molecule has 0 bridgehead atoms. The number of urea groups is 1. The Morgan fingerprint density at radius 2 is 2.05 bits per heavy atom. The van der Waals surface area contributed by atoms with E-state index in [1.807, 2.05) is 31.2 Å². The molecule has 0 saturated heterocycles. The number of amides is 3. The van der Waals surface area contributed by atoms with Crippen LogP contribution < -0.4 is 5.32 Å². The highest BCUT2D eigenvalue weighted by atomic mass is 32.1. The first kappa shape index (κ1) is 16.7. The minimum absolute atomic E-state index is 0.0852. The fraction of sp³-hybridized carbons (Fsp3) is 0.333. The second-order valence-corrected chi connectivity index (χ2v) is 5.82. The van der Waals surface area contributed by atoms with Crippen LogP contribution in [-0.2, 0) is 9.53 Å². The highest BCUT2D eigenvalue weighted by molar-refractivity contribution is 7.74. The zero-order chi connectivity index (χ0) is 16.3. The number of ether oxygens (including phenoxy) is 1. The summed E-state index contributed by atoms with van der Waals surface area (Å²) in [7, 11) is 0. The van der Waals surface area contributed by atoms with Crippen molar-refractivity contribution in [1.29, 1.82) is 0 Å². The topological polar surface area (TPSA) is 75.6 Å². The maximum atomic E-state index is 12.3. The molecule has 1 heterocycles. The van der Waals surface area contributed by atoms with Crippen LogP contribution in [0.25, 0.3) is 5.70 Å². The number of quaternary nitrogens is 1. The summed E-state index contributed by atoms with van der Waals surface area (Å²) >= 11 is 4.47. The van der Waals surface area contributed by atoms with Gasteiger partial charge < -0.3 is 9.84 Å². The van der Waals surface area contributed by atoms with Crippen molar-refractivity contribution in [1.82, 2.24) is 5.32 Å². The minimum Gasteiger partial charge on any atom is -0.394 e. The third-order valence-corrected chi connectivity index (χ3v) is 3.92. The first-order valence-electron chi connectivity index (χ1n) is 6.84. The zero-order valence-electron chi connectivity index (χ0n) is 12.5. The Morgan fingerprint density at radius 3 is 2.68 bits per heavy atom. The highest BCUT2D eigenvalue weighted by Gasteiger charge is 2.47. The summed E-state index contributed by atoms with van der Waals surface area (Å²) in [4.78, 5) is 24.3. The third kappa shape index (κ3) is 3.07. The Hall–Kier alpha value is -1.67. The molecule has 6 nitrogen and oxygen atoms in total. The molecule has 0 aliphatic carbocycles. The molecule has 1 aliphatic rings. The Morgan fingerprint density at radius 1 is 1.32 bits per heavy atom. The molecule has 1 aliphatic heterocycles. The third-order valence-electron chi connectivity index (χ3n) is 3.43. The average Bonchev–Trinajstić information content (AvgIpc) is 2.46. The molecule has 22 heavy (non-hydrogen) atoms. The number of aryl methyl sites for hydroxylation is 1. The summed E-state index contributed by atoms with van der Waals surface area (Å²) in [5.74, 6) is -0.438. The van der Waals surface area contributed by atoms with Gasteiger partial charge in [0.05, 0.1) is 31.6 Å². The molecular weight excluding hydrogens is 304 g/mol. The molecule has 2 N–H and O–H groups in total. The van der Waals surface area contributed by atoms with Crippen molar-refractivity contribution in [2.24, 2.45) is 0 Å². The van der Waals surface area contributed by atoms with Crippen LogP contribution in [0.15, 0.2) is 29.8 Å². The second-order valence-electron chi connectivity index (χ2n) is 5.13. The van der Waals surface area contributed by atoms with Crippen molar-refractivity contribution in [3.8, 4) is 0 Å². The predicted octanol–water partition coefficient (Wildman–Crippen LogP) is 1.60. The lowest BCUT2D eigenvalue weighted by molar-refractivity contribution is -0.658. The largest absolute Gasteiger partial charge is 0.442 e. The van der Waals surface area contributed by atoms with Gasteiger partial charge in [0.2, 0.25) is 6.73 Å². The summed E-state index contributed by atoms with van der Waals surface area (Å²) < 4.78 is 4.80. The number of thiol groups is 1. The molecule has 0 radical (unpaired) electrons. The molecule has 1 unspecified atom stereocenters. The second kappa shape index (κ2) is 6.62. The molecule has 7 heteroatoms. The lowest BCUT2D eigenvalue weighted by Crippen LogP contribution is -2.56. The van der Waals surface area contributed by atoms with Gasteiger partial charge in [0.15, 0.2) is 5.70 Å². The van der Waals surface area contributed by atoms with E-state index in [2.05, 4.69) is 18.1 Å². The molecule has 2 rings (SSSR count). The van der Waals surface area contributed by atoms with E-state index in [-0.39, 0.29) is 19.9 Å². The maximum absolute atomic E-state index is 12.3. The van der Waals surface area contributed by atoms with Crippen molar-refractivity contribution in [2.75, 3.05) is 19.9 Å². The number of imide groups is 1. The SMILES string of the molecule is CC1=C(c2cccc(C)c2)[N+](S)(COCCO)C(=O)NC1=O. The number of rotatable bonds is 5. The molecule has 0 fully saturated rings. The van der Waals surface area contributed by atoms with Gasteiger partial charge in [-0.25, -0.2) is 10.1 Å². The fourth-order valence-electron chi connectivity index (χ4n) is 2.38. The maximum Gasteiger partial charge on any atom is 0.442 e. The Bertz CT molecular complexity index is 644. The zero-order valence-corrected chi connectivity index (χ0v) is 13.4. The average molecular weight is 323 g/mol.